The van der Waals surface area contributed by atoms with Gasteiger partial charge in [-0.15, -0.1) is 11.8 Å². The van der Waals surface area contributed by atoms with Crippen LogP contribution in [0.2, 0.25) is 0 Å². The molecule has 1 aromatic rings. The Kier molecular flexibility index (Phi) is 6.58. The monoisotopic (exact) mass is 320 g/mol. The third-order valence-electron chi connectivity index (χ3n) is 3.71. The molecule has 1 aliphatic heterocycles. The summed E-state index contributed by atoms with van der Waals surface area (Å²) in [5.41, 5.74) is 0. The molecule has 1 saturated heterocycles. The van der Waals surface area contributed by atoms with Crippen molar-refractivity contribution in [1.29, 1.82) is 0 Å². The van der Waals surface area contributed by atoms with Gasteiger partial charge in [-0.2, -0.15) is 0 Å². The summed E-state index contributed by atoms with van der Waals surface area (Å²) in [7, 11) is 3.40. The molecule has 1 aliphatic rings. The number of likely N-dealkylation sites (tertiary alicyclic amines) is 1. The number of thioether (sulfide) groups is 1. The first-order valence-electron chi connectivity index (χ1n) is 7.57. The van der Waals surface area contributed by atoms with Gasteiger partial charge in [0, 0.05) is 37.8 Å². The van der Waals surface area contributed by atoms with Crippen molar-refractivity contribution < 1.29 is 4.79 Å². The van der Waals surface area contributed by atoms with Gasteiger partial charge in [0.1, 0.15) is 0 Å². The third kappa shape index (κ3) is 4.94. The minimum absolute atomic E-state index is 0.0310. The van der Waals surface area contributed by atoms with Crippen LogP contribution >= 0.6 is 11.8 Å². The van der Waals surface area contributed by atoms with E-state index in [2.05, 4.69) is 44.8 Å². The Morgan fingerprint density at radius 3 is 2.86 bits per heavy atom. The number of likely N-dealkylation sites (N-methyl/N-ethyl adjacent to an activating group) is 1. The molecule has 0 aromatic heterocycles. The fourth-order valence-corrected chi connectivity index (χ4v) is 3.52. The van der Waals surface area contributed by atoms with Crippen LogP contribution < -0.4 is 10.6 Å². The molecule has 1 aromatic carbocycles. The number of aliphatic imine (C=N–C) groups is 1. The lowest BCUT2D eigenvalue weighted by Gasteiger charge is -2.21. The lowest BCUT2D eigenvalue weighted by atomic mass is 10.2. The van der Waals surface area contributed by atoms with Crippen LogP contribution in [-0.2, 0) is 4.79 Å². The summed E-state index contributed by atoms with van der Waals surface area (Å²) in [4.78, 5) is 19.2. The van der Waals surface area contributed by atoms with E-state index in [1.807, 2.05) is 17.8 Å². The van der Waals surface area contributed by atoms with Crippen LogP contribution in [0.15, 0.2) is 40.2 Å². The van der Waals surface area contributed by atoms with Gasteiger partial charge < -0.3 is 15.5 Å². The number of rotatable bonds is 5. The molecule has 5 nitrogen and oxygen atoms in total. The van der Waals surface area contributed by atoms with Gasteiger partial charge in [-0.25, -0.2) is 0 Å². The zero-order valence-electron chi connectivity index (χ0n) is 13.2. The van der Waals surface area contributed by atoms with E-state index in [4.69, 9.17) is 0 Å². The summed E-state index contributed by atoms with van der Waals surface area (Å²) in [6.07, 6.45) is 1.17. The Morgan fingerprint density at radius 1 is 1.41 bits per heavy atom. The molecular weight excluding hydrogens is 296 g/mol. The van der Waals surface area contributed by atoms with Crippen molar-refractivity contribution in [2.75, 3.05) is 39.5 Å². The van der Waals surface area contributed by atoms with Crippen molar-refractivity contribution in [3.63, 3.8) is 0 Å². The van der Waals surface area contributed by atoms with Crippen molar-refractivity contribution in [3.05, 3.63) is 30.3 Å². The predicted octanol–water partition coefficient (Wildman–Crippen LogP) is 1.42. The molecule has 0 spiro atoms. The number of nitrogens with one attached hydrogen (secondary N) is 2. The van der Waals surface area contributed by atoms with Crippen molar-refractivity contribution in [2.24, 2.45) is 10.9 Å². The largest absolute Gasteiger partial charge is 0.358 e. The molecule has 22 heavy (non-hydrogen) atoms. The van der Waals surface area contributed by atoms with Crippen molar-refractivity contribution in [3.8, 4) is 0 Å². The Morgan fingerprint density at radius 2 is 2.18 bits per heavy atom. The van der Waals surface area contributed by atoms with Gasteiger partial charge in [0.05, 0.1) is 6.54 Å². The molecule has 1 atom stereocenters. The van der Waals surface area contributed by atoms with Crippen LogP contribution in [0.3, 0.4) is 0 Å². The van der Waals surface area contributed by atoms with Gasteiger partial charge in [-0.3, -0.25) is 9.79 Å². The molecule has 120 valence electrons. The van der Waals surface area contributed by atoms with Gasteiger partial charge in [0.25, 0.3) is 0 Å². The average molecular weight is 320 g/mol. The second-order valence-corrected chi connectivity index (χ2v) is 6.39. The van der Waals surface area contributed by atoms with Crippen molar-refractivity contribution >= 4 is 23.6 Å². The summed E-state index contributed by atoms with van der Waals surface area (Å²) in [6.45, 7) is 2.25. The van der Waals surface area contributed by atoms with E-state index in [0.717, 1.165) is 24.8 Å². The number of hydrogen-bond donors (Lipinski definition) is 2. The average Bonchev–Trinajstić information content (AvgIpc) is 3.03. The van der Waals surface area contributed by atoms with Gasteiger partial charge in [0.2, 0.25) is 5.91 Å². The number of nitrogens with zero attached hydrogens (tertiary/aromatic N) is 2. The lowest BCUT2D eigenvalue weighted by molar-refractivity contribution is -0.119. The maximum atomic E-state index is 11.3. The summed E-state index contributed by atoms with van der Waals surface area (Å²) in [5.74, 6) is 2.56. The Labute approximate surface area is 136 Å². The number of carbonyl (C=O) groups excluding carboxylic acids is 1. The summed E-state index contributed by atoms with van der Waals surface area (Å²) in [5, 5.41) is 5.72. The predicted molar refractivity (Wildman–Crippen MR) is 92.3 cm³/mol. The first kappa shape index (κ1) is 16.7. The highest BCUT2D eigenvalue weighted by atomic mass is 32.2. The van der Waals surface area contributed by atoms with Crippen molar-refractivity contribution in [2.45, 2.75) is 11.3 Å². The summed E-state index contributed by atoms with van der Waals surface area (Å²) < 4.78 is 0. The molecule has 0 radical (unpaired) electrons. The highest BCUT2D eigenvalue weighted by Crippen LogP contribution is 2.25. The molecule has 1 unspecified atom stereocenters. The zero-order valence-corrected chi connectivity index (χ0v) is 14.0. The minimum Gasteiger partial charge on any atom is -0.358 e. The number of benzene rings is 1. The molecule has 1 fully saturated rings. The van der Waals surface area contributed by atoms with E-state index in [9.17, 15) is 4.79 Å². The van der Waals surface area contributed by atoms with E-state index in [0.29, 0.717) is 5.92 Å². The zero-order chi connectivity index (χ0) is 15.8. The maximum absolute atomic E-state index is 11.3. The molecule has 0 saturated carbocycles. The molecule has 0 bridgehead atoms. The smallest absolute Gasteiger partial charge is 0.239 e. The van der Waals surface area contributed by atoms with E-state index < -0.39 is 0 Å². The van der Waals surface area contributed by atoms with Crippen LogP contribution in [0, 0.1) is 5.92 Å². The van der Waals surface area contributed by atoms with Crippen LogP contribution in [0.25, 0.3) is 0 Å². The Hall–Kier alpha value is -1.69. The fourth-order valence-electron chi connectivity index (χ4n) is 2.47. The first-order chi connectivity index (χ1) is 10.7. The van der Waals surface area contributed by atoms with Gasteiger partial charge >= 0.3 is 0 Å². The topological polar surface area (TPSA) is 56.7 Å². The molecule has 1 amide bonds. The lowest BCUT2D eigenvalue weighted by Crippen LogP contribution is -2.44. The number of hydrogen-bond acceptors (Lipinski definition) is 3. The van der Waals surface area contributed by atoms with Gasteiger partial charge in [-0.05, 0) is 24.5 Å². The molecule has 2 N–H and O–H groups in total. The van der Waals surface area contributed by atoms with Crippen LogP contribution in [0.4, 0.5) is 0 Å². The Bertz CT molecular complexity index is 506. The first-order valence-corrected chi connectivity index (χ1v) is 8.55. The molecule has 2 rings (SSSR count). The summed E-state index contributed by atoms with van der Waals surface area (Å²) >= 11 is 1.91. The molecule has 0 aliphatic carbocycles. The van der Waals surface area contributed by atoms with E-state index >= 15 is 0 Å². The van der Waals surface area contributed by atoms with Gasteiger partial charge in [0.15, 0.2) is 5.96 Å². The Balaban J connectivity index is 1.77. The maximum Gasteiger partial charge on any atom is 0.239 e. The number of carbonyl (C=O) groups is 1. The highest BCUT2D eigenvalue weighted by molar-refractivity contribution is 7.99. The quantitative estimate of drug-likeness (QED) is 0.489. The number of amides is 1. The number of guanidine groups is 1. The van der Waals surface area contributed by atoms with E-state index in [1.54, 1.807) is 14.1 Å². The molecular formula is C16H24N4OS. The van der Waals surface area contributed by atoms with Crippen LogP contribution in [0.5, 0.6) is 0 Å². The normalized spacial score (nSPS) is 18.4. The SMILES string of the molecule is CN=C(NCC(=O)NC)N1CCC(CSc2ccccc2)C1. The second-order valence-electron chi connectivity index (χ2n) is 5.30. The summed E-state index contributed by atoms with van der Waals surface area (Å²) in [6, 6.07) is 10.5. The second kappa shape index (κ2) is 8.68. The van der Waals surface area contributed by atoms with E-state index in [-0.39, 0.29) is 12.5 Å². The molecule has 1 heterocycles. The fraction of sp³-hybridized carbons (Fsp3) is 0.500. The van der Waals surface area contributed by atoms with E-state index in [1.165, 1.54) is 11.3 Å². The standard InChI is InChI=1S/C16H24N4OS/c1-17-15(21)10-19-16(18-2)20-9-8-13(11-20)12-22-14-6-4-3-5-7-14/h3-7,13H,8-12H2,1-2H3,(H,17,21)(H,18,19). The van der Waals surface area contributed by atoms with Crippen LogP contribution in [-0.4, -0.2) is 56.2 Å². The van der Waals surface area contributed by atoms with Crippen molar-refractivity contribution in [1.82, 2.24) is 15.5 Å². The molecule has 6 heteroatoms. The minimum atomic E-state index is -0.0310. The van der Waals surface area contributed by atoms with Crippen LogP contribution in [0.1, 0.15) is 6.42 Å². The highest BCUT2D eigenvalue weighted by Gasteiger charge is 2.25. The van der Waals surface area contributed by atoms with Gasteiger partial charge in [-0.1, -0.05) is 18.2 Å². The third-order valence-corrected chi connectivity index (χ3v) is 4.96.